The first-order chi connectivity index (χ1) is 7.85. The average Bonchev–Trinajstić information content (AvgIpc) is 2.85. The fourth-order valence-electron chi connectivity index (χ4n) is 2.26. The summed E-state index contributed by atoms with van der Waals surface area (Å²) in [5.74, 6) is 0. The van der Waals surface area contributed by atoms with Gasteiger partial charge in [0.2, 0.25) is 0 Å². The minimum atomic E-state index is -0.263. The largest absolute Gasteiger partial charge is 0.352 e. The SMILES string of the molecule is COC(OC)c1cccc(C2CCCN2)c1. The number of ether oxygens (including phenoxy) is 2. The second kappa shape index (κ2) is 5.43. The van der Waals surface area contributed by atoms with Gasteiger partial charge in [0.15, 0.2) is 6.29 Å². The second-order valence-corrected chi connectivity index (χ2v) is 4.12. The summed E-state index contributed by atoms with van der Waals surface area (Å²) in [4.78, 5) is 0. The van der Waals surface area contributed by atoms with E-state index in [0.29, 0.717) is 6.04 Å². The third kappa shape index (κ3) is 2.43. The van der Waals surface area contributed by atoms with Gasteiger partial charge in [0.1, 0.15) is 0 Å². The summed E-state index contributed by atoms with van der Waals surface area (Å²) in [6.07, 6.45) is 2.21. The Morgan fingerprint density at radius 1 is 1.31 bits per heavy atom. The molecule has 1 N–H and O–H groups in total. The predicted molar refractivity (Wildman–Crippen MR) is 63.2 cm³/mol. The van der Waals surface area contributed by atoms with Crippen molar-refractivity contribution in [2.75, 3.05) is 20.8 Å². The standard InChI is InChI=1S/C13H19NO2/c1-15-13(16-2)11-6-3-5-10(9-11)12-7-4-8-14-12/h3,5-6,9,12-14H,4,7-8H2,1-2H3. The van der Waals surface area contributed by atoms with E-state index in [1.807, 2.05) is 6.07 Å². The Kier molecular flexibility index (Phi) is 3.93. The van der Waals surface area contributed by atoms with Crippen LogP contribution < -0.4 is 5.32 Å². The van der Waals surface area contributed by atoms with Gasteiger partial charge in [-0.2, -0.15) is 0 Å². The average molecular weight is 221 g/mol. The molecule has 0 saturated carbocycles. The molecule has 1 saturated heterocycles. The van der Waals surface area contributed by atoms with Crippen LogP contribution in [0.5, 0.6) is 0 Å². The Bertz CT molecular complexity index is 313. The summed E-state index contributed by atoms with van der Waals surface area (Å²) in [7, 11) is 3.32. The quantitative estimate of drug-likeness (QED) is 0.792. The van der Waals surface area contributed by atoms with E-state index in [-0.39, 0.29) is 6.29 Å². The maximum Gasteiger partial charge on any atom is 0.183 e. The molecular weight excluding hydrogens is 202 g/mol. The van der Waals surface area contributed by atoms with Crippen molar-refractivity contribution in [3.8, 4) is 0 Å². The molecule has 3 heteroatoms. The zero-order chi connectivity index (χ0) is 11.4. The van der Waals surface area contributed by atoms with Gasteiger partial charge in [-0.25, -0.2) is 0 Å². The van der Waals surface area contributed by atoms with Gasteiger partial charge >= 0.3 is 0 Å². The summed E-state index contributed by atoms with van der Waals surface area (Å²) in [6.45, 7) is 1.12. The highest BCUT2D eigenvalue weighted by atomic mass is 16.7. The maximum atomic E-state index is 5.26. The van der Waals surface area contributed by atoms with Crippen molar-refractivity contribution in [1.29, 1.82) is 0 Å². The second-order valence-electron chi connectivity index (χ2n) is 4.12. The number of hydrogen-bond donors (Lipinski definition) is 1. The fourth-order valence-corrected chi connectivity index (χ4v) is 2.26. The molecule has 16 heavy (non-hydrogen) atoms. The molecule has 0 amide bonds. The van der Waals surface area contributed by atoms with Gasteiger partial charge < -0.3 is 14.8 Å². The molecule has 0 radical (unpaired) electrons. The molecule has 1 heterocycles. The molecule has 0 aliphatic carbocycles. The van der Waals surface area contributed by atoms with Crippen molar-refractivity contribution < 1.29 is 9.47 Å². The van der Waals surface area contributed by atoms with Crippen molar-refractivity contribution >= 4 is 0 Å². The first kappa shape index (κ1) is 11.6. The summed E-state index contributed by atoms with van der Waals surface area (Å²) in [6, 6.07) is 8.93. The van der Waals surface area contributed by atoms with Crippen molar-refractivity contribution in [2.24, 2.45) is 0 Å². The number of benzene rings is 1. The van der Waals surface area contributed by atoms with Crippen molar-refractivity contribution in [2.45, 2.75) is 25.2 Å². The van der Waals surface area contributed by atoms with Crippen LogP contribution in [0.2, 0.25) is 0 Å². The molecule has 0 aromatic heterocycles. The topological polar surface area (TPSA) is 30.5 Å². The van der Waals surface area contributed by atoms with Gasteiger partial charge in [0, 0.05) is 25.8 Å². The predicted octanol–water partition coefficient (Wildman–Crippen LogP) is 2.40. The van der Waals surface area contributed by atoms with Crippen molar-refractivity contribution in [3.05, 3.63) is 35.4 Å². The molecule has 2 rings (SSSR count). The van der Waals surface area contributed by atoms with E-state index in [1.165, 1.54) is 18.4 Å². The minimum absolute atomic E-state index is 0.263. The molecule has 1 unspecified atom stereocenters. The highest BCUT2D eigenvalue weighted by Crippen LogP contribution is 2.26. The van der Waals surface area contributed by atoms with E-state index in [2.05, 4.69) is 23.5 Å². The van der Waals surface area contributed by atoms with Crippen LogP contribution in [0.4, 0.5) is 0 Å². The van der Waals surface area contributed by atoms with Crippen LogP contribution in [-0.2, 0) is 9.47 Å². The molecule has 3 nitrogen and oxygen atoms in total. The third-order valence-corrected chi connectivity index (χ3v) is 3.07. The highest BCUT2D eigenvalue weighted by molar-refractivity contribution is 5.27. The lowest BCUT2D eigenvalue weighted by Gasteiger charge is -2.17. The van der Waals surface area contributed by atoms with E-state index in [0.717, 1.165) is 12.1 Å². The fraction of sp³-hybridized carbons (Fsp3) is 0.538. The normalized spacial score (nSPS) is 20.6. The molecule has 1 aliphatic heterocycles. The minimum Gasteiger partial charge on any atom is -0.352 e. The Morgan fingerprint density at radius 3 is 2.75 bits per heavy atom. The molecule has 1 atom stereocenters. The van der Waals surface area contributed by atoms with Crippen LogP contribution in [0.15, 0.2) is 24.3 Å². The van der Waals surface area contributed by atoms with E-state index in [1.54, 1.807) is 14.2 Å². The summed E-state index contributed by atoms with van der Waals surface area (Å²) in [5, 5.41) is 3.49. The molecule has 1 aliphatic rings. The molecule has 0 spiro atoms. The molecule has 88 valence electrons. The van der Waals surface area contributed by atoms with Gasteiger partial charge in [-0.3, -0.25) is 0 Å². The van der Waals surface area contributed by atoms with Crippen LogP contribution >= 0.6 is 0 Å². The first-order valence-corrected chi connectivity index (χ1v) is 5.74. The molecule has 1 aromatic carbocycles. The highest BCUT2D eigenvalue weighted by Gasteiger charge is 2.17. The van der Waals surface area contributed by atoms with E-state index in [9.17, 15) is 0 Å². The summed E-state index contributed by atoms with van der Waals surface area (Å²) < 4.78 is 10.5. The van der Waals surface area contributed by atoms with Crippen LogP contribution in [0.1, 0.15) is 36.3 Å². The number of methoxy groups -OCH3 is 2. The summed E-state index contributed by atoms with van der Waals surface area (Å²) in [5.41, 5.74) is 2.41. The number of hydrogen-bond acceptors (Lipinski definition) is 3. The van der Waals surface area contributed by atoms with Crippen LogP contribution in [0, 0.1) is 0 Å². The zero-order valence-corrected chi connectivity index (χ0v) is 9.90. The van der Waals surface area contributed by atoms with Gasteiger partial charge in [0.05, 0.1) is 0 Å². The number of nitrogens with one attached hydrogen (secondary N) is 1. The molecule has 1 fully saturated rings. The van der Waals surface area contributed by atoms with Gasteiger partial charge in [-0.1, -0.05) is 18.2 Å². The zero-order valence-electron chi connectivity index (χ0n) is 9.90. The summed E-state index contributed by atoms with van der Waals surface area (Å²) >= 11 is 0. The van der Waals surface area contributed by atoms with Gasteiger partial charge in [-0.05, 0) is 31.0 Å². The first-order valence-electron chi connectivity index (χ1n) is 5.74. The molecule has 0 bridgehead atoms. The van der Waals surface area contributed by atoms with Gasteiger partial charge in [-0.15, -0.1) is 0 Å². The van der Waals surface area contributed by atoms with E-state index < -0.39 is 0 Å². The Labute approximate surface area is 96.8 Å². The van der Waals surface area contributed by atoms with Gasteiger partial charge in [0.25, 0.3) is 0 Å². The van der Waals surface area contributed by atoms with E-state index in [4.69, 9.17) is 9.47 Å². The van der Waals surface area contributed by atoms with Crippen LogP contribution in [0.3, 0.4) is 0 Å². The lowest BCUT2D eigenvalue weighted by molar-refractivity contribution is -0.106. The Balaban J connectivity index is 2.18. The van der Waals surface area contributed by atoms with Crippen molar-refractivity contribution in [3.63, 3.8) is 0 Å². The van der Waals surface area contributed by atoms with E-state index >= 15 is 0 Å². The smallest absolute Gasteiger partial charge is 0.183 e. The Hall–Kier alpha value is -0.900. The molecular formula is C13H19NO2. The van der Waals surface area contributed by atoms with Crippen molar-refractivity contribution in [1.82, 2.24) is 5.32 Å². The van der Waals surface area contributed by atoms with Crippen LogP contribution in [0.25, 0.3) is 0 Å². The number of rotatable bonds is 4. The lowest BCUT2D eigenvalue weighted by atomic mass is 10.0. The third-order valence-electron chi connectivity index (χ3n) is 3.07. The lowest BCUT2D eigenvalue weighted by Crippen LogP contribution is -2.13. The Morgan fingerprint density at radius 2 is 2.12 bits per heavy atom. The molecule has 1 aromatic rings. The van der Waals surface area contributed by atoms with Crippen LogP contribution in [-0.4, -0.2) is 20.8 Å². The monoisotopic (exact) mass is 221 g/mol. The maximum absolute atomic E-state index is 5.26.